The molecular weight excluding hydrogens is 210 g/mol. The Hall–Kier alpha value is -2.11. The SMILES string of the molecule is CC(=O)Nc1cc([N+](=O)[O-])ccc1N(C)C. The molecule has 0 heterocycles. The third-order valence-electron chi connectivity index (χ3n) is 1.98. The van der Waals surface area contributed by atoms with Gasteiger partial charge in [-0.05, 0) is 6.07 Å². The summed E-state index contributed by atoms with van der Waals surface area (Å²) in [5.41, 5.74) is 1.11. The standard InChI is InChI=1S/C10H13N3O3/c1-7(14)11-9-6-8(13(15)16)4-5-10(9)12(2)3/h4-6H,1-3H3,(H,11,14). The Bertz CT molecular complexity index is 429. The van der Waals surface area contributed by atoms with Crippen molar-refractivity contribution in [3.63, 3.8) is 0 Å². The molecule has 0 aliphatic rings. The number of amides is 1. The van der Waals surface area contributed by atoms with Crippen molar-refractivity contribution in [1.82, 2.24) is 0 Å². The monoisotopic (exact) mass is 223 g/mol. The molecule has 0 aliphatic heterocycles. The second-order valence-corrected chi connectivity index (χ2v) is 3.53. The van der Waals surface area contributed by atoms with Crippen LogP contribution in [0.1, 0.15) is 6.92 Å². The lowest BCUT2D eigenvalue weighted by molar-refractivity contribution is -0.384. The van der Waals surface area contributed by atoms with Crippen LogP contribution in [0.3, 0.4) is 0 Å². The maximum atomic E-state index is 11.0. The molecule has 1 aromatic carbocycles. The van der Waals surface area contributed by atoms with E-state index in [1.807, 2.05) is 0 Å². The van der Waals surface area contributed by atoms with Crippen LogP contribution in [0.4, 0.5) is 17.1 Å². The smallest absolute Gasteiger partial charge is 0.271 e. The highest BCUT2D eigenvalue weighted by molar-refractivity contribution is 5.93. The van der Waals surface area contributed by atoms with E-state index in [0.29, 0.717) is 5.69 Å². The van der Waals surface area contributed by atoms with Crippen molar-refractivity contribution >= 4 is 23.0 Å². The number of benzene rings is 1. The first-order chi connectivity index (χ1) is 7.41. The maximum absolute atomic E-state index is 11.0. The van der Waals surface area contributed by atoms with Crippen molar-refractivity contribution in [3.05, 3.63) is 28.3 Å². The molecular formula is C10H13N3O3. The van der Waals surface area contributed by atoms with E-state index < -0.39 is 4.92 Å². The van der Waals surface area contributed by atoms with Gasteiger partial charge in [-0.25, -0.2) is 0 Å². The first kappa shape index (κ1) is 12.0. The molecule has 1 aromatic rings. The summed E-state index contributed by atoms with van der Waals surface area (Å²) in [7, 11) is 3.60. The average molecular weight is 223 g/mol. The van der Waals surface area contributed by atoms with Crippen LogP contribution in [0.15, 0.2) is 18.2 Å². The number of hydrogen-bond donors (Lipinski definition) is 1. The molecule has 86 valence electrons. The van der Waals surface area contributed by atoms with E-state index >= 15 is 0 Å². The third kappa shape index (κ3) is 2.69. The number of non-ortho nitro benzene ring substituents is 1. The molecule has 1 N–H and O–H groups in total. The number of hydrogen-bond acceptors (Lipinski definition) is 4. The van der Waals surface area contributed by atoms with E-state index in [1.165, 1.54) is 19.1 Å². The van der Waals surface area contributed by atoms with Gasteiger partial charge in [-0.2, -0.15) is 0 Å². The highest BCUT2D eigenvalue weighted by Gasteiger charge is 2.12. The molecule has 0 saturated heterocycles. The normalized spacial score (nSPS) is 9.69. The number of rotatable bonds is 3. The second kappa shape index (κ2) is 4.61. The highest BCUT2D eigenvalue weighted by atomic mass is 16.6. The van der Waals surface area contributed by atoms with Crippen LogP contribution >= 0.6 is 0 Å². The first-order valence-corrected chi connectivity index (χ1v) is 4.65. The van der Waals surface area contributed by atoms with E-state index in [4.69, 9.17) is 0 Å². The van der Waals surface area contributed by atoms with Gasteiger partial charge < -0.3 is 10.2 Å². The summed E-state index contributed by atoms with van der Waals surface area (Å²) < 4.78 is 0. The Morgan fingerprint density at radius 3 is 2.50 bits per heavy atom. The van der Waals surface area contributed by atoms with Crippen LogP contribution in [0.2, 0.25) is 0 Å². The van der Waals surface area contributed by atoms with Crippen molar-refractivity contribution in [2.45, 2.75) is 6.92 Å². The van der Waals surface area contributed by atoms with Gasteiger partial charge in [0.15, 0.2) is 0 Å². The number of nitro benzene ring substituents is 1. The van der Waals surface area contributed by atoms with E-state index in [9.17, 15) is 14.9 Å². The Kier molecular flexibility index (Phi) is 3.44. The van der Waals surface area contributed by atoms with Gasteiger partial charge in [0.1, 0.15) is 0 Å². The number of nitrogens with one attached hydrogen (secondary N) is 1. The molecule has 0 bridgehead atoms. The van der Waals surface area contributed by atoms with Crippen molar-refractivity contribution in [1.29, 1.82) is 0 Å². The lowest BCUT2D eigenvalue weighted by Crippen LogP contribution is -2.14. The van der Waals surface area contributed by atoms with Crippen molar-refractivity contribution in [2.75, 3.05) is 24.3 Å². The van der Waals surface area contributed by atoms with Crippen LogP contribution in [0.25, 0.3) is 0 Å². The van der Waals surface area contributed by atoms with E-state index in [1.54, 1.807) is 25.1 Å². The Morgan fingerprint density at radius 1 is 1.44 bits per heavy atom. The topological polar surface area (TPSA) is 75.5 Å². The van der Waals surface area contributed by atoms with Gasteiger partial charge in [0.05, 0.1) is 16.3 Å². The van der Waals surface area contributed by atoms with Crippen LogP contribution in [0.5, 0.6) is 0 Å². The molecule has 6 heteroatoms. The molecule has 0 spiro atoms. The maximum Gasteiger partial charge on any atom is 0.271 e. The van der Waals surface area contributed by atoms with Crippen molar-refractivity contribution in [3.8, 4) is 0 Å². The van der Waals surface area contributed by atoms with E-state index in [2.05, 4.69) is 5.32 Å². The fourth-order valence-electron chi connectivity index (χ4n) is 1.32. The van der Waals surface area contributed by atoms with Crippen molar-refractivity contribution in [2.24, 2.45) is 0 Å². The zero-order valence-electron chi connectivity index (χ0n) is 9.35. The van der Waals surface area contributed by atoms with Gasteiger partial charge >= 0.3 is 0 Å². The molecule has 0 saturated carbocycles. The number of nitro groups is 1. The number of carbonyl (C=O) groups is 1. The summed E-state index contributed by atoms with van der Waals surface area (Å²) in [6, 6.07) is 4.35. The minimum Gasteiger partial charge on any atom is -0.376 e. The van der Waals surface area contributed by atoms with Crippen LogP contribution in [-0.2, 0) is 4.79 Å². The summed E-state index contributed by atoms with van der Waals surface area (Å²) in [4.78, 5) is 22.8. The molecule has 1 amide bonds. The molecule has 0 atom stereocenters. The summed E-state index contributed by atoms with van der Waals surface area (Å²) >= 11 is 0. The van der Waals surface area contributed by atoms with Gasteiger partial charge in [-0.15, -0.1) is 0 Å². The zero-order valence-corrected chi connectivity index (χ0v) is 9.35. The number of carbonyl (C=O) groups excluding carboxylic acids is 1. The van der Waals surface area contributed by atoms with Gasteiger partial charge in [-0.1, -0.05) is 0 Å². The lowest BCUT2D eigenvalue weighted by Gasteiger charge is -2.17. The number of nitrogens with zero attached hydrogens (tertiary/aromatic N) is 2. The summed E-state index contributed by atoms with van der Waals surface area (Å²) in [6.07, 6.45) is 0. The Labute approximate surface area is 93.0 Å². The van der Waals surface area contributed by atoms with Gasteiger partial charge in [0.2, 0.25) is 5.91 Å². The van der Waals surface area contributed by atoms with Crippen molar-refractivity contribution < 1.29 is 9.72 Å². The second-order valence-electron chi connectivity index (χ2n) is 3.53. The van der Waals surface area contributed by atoms with Gasteiger partial charge in [0, 0.05) is 33.2 Å². The van der Waals surface area contributed by atoms with E-state index in [0.717, 1.165) is 5.69 Å². The molecule has 6 nitrogen and oxygen atoms in total. The lowest BCUT2D eigenvalue weighted by atomic mass is 10.2. The Balaban J connectivity index is 3.20. The fourth-order valence-corrected chi connectivity index (χ4v) is 1.32. The quantitative estimate of drug-likeness (QED) is 0.624. The Morgan fingerprint density at radius 2 is 2.06 bits per heavy atom. The van der Waals surface area contributed by atoms with Gasteiger partial charge in [-0.3, -0.25) is 14.9 Å². The fraction of sp³-hybridized carbons (Fsp3) is 0.300. The minimum atomic E-state index is -0.495. The van der Waals surface area contributed by atoms with Crippen LogP contribution in [0, 0.1) is 10.1 Å². The molecule has 0 aliphatic carbocycles. The first-order valence-electron chi connectivity index (χ1n) is 4.65. The van der Waals surface area contributed by atoms with Crippen LogP contribution < -0.4 is 10.2 Å². The highest BCUT2D eigenvalue weighted by Crippen LogP contribution is 2.28. The largest absolute Gasteiger partial charge is 0.376 e. The summed E-state index contributed by atoms with van der Waals surface area (Å²) in [5.74, 6) is -0.261. The summed E-state index contributed by atoms with van der Waals surface area (Å²) in [6.45, 7) is 1.36. The molecule has 0 unspecified atom stereocenters. The zero-order chi connectivity index (χ0) is 12.3. The van der Waals surface area contributed by atoms with Gasteiger partial charge in [0.25, 0.3) is 5.69 Å². The third-order valence-corrected chi connectivity index (χ3v) is 1.98. The predicted octanol–water partition coefficient (Wildman–Crippen LogP) is 1.62. The predicted molar refractivity (Wildman–Crippen MR) is 61.7 cm³/mol. The average Bonchev–Trinajstić information content (AvgIpc) is 2.15. The number of anilines is 2. The molecule has 1 rings (SSSR count). The minimum absolute atomic E-state index is 0.0469. The molecule has 0 radical (unpaired) electrons. The molecule has 16 heavy (non-hydrogen) atoms. The van der Waals surface area contributed by atoms with E-state index in [-0.39, 0.29) is 11.6 Å². The van der Waals surface area contributed by atoms with Crippen LogP contribution in [-0.4, -0.2) is 24.9 Å². The molecule has 0 fully saturated rings. The summed E-state index contributed by atoms with van der Waals surface area (Å²) in [5, 5.41) is 13.2. The molecule has 0 aromatic heterocycles.